The summed E-state index contributed by atoms with van der Waals surface area (Å²) in [6.07, 6.45) is 3.96. The van der Waals surface area contributed by atoms with E-state index in [-0.39, 0.29) is 5.91 Å². The Labute approximate surface area is 142 Å². The first kappa shape index (κ1) is 14.9. The second-order valence-electron chi connectivity index (χ2n) is 5.66. The summed E-state index contributed by atoms with van der Waals surface area (Å²) in [6.45, 7) is 0. The van der Waals surface area contributed by atoms with Crippen molar-refractivity contribution in [3.05, 3.63) is 42.1 Å². The fourth-order valence-electron chi connectivity index (χ4n) is 2.34. The minimum atomic E-state index is -0.192. The van der Waals surface area contributed by atoms with Crippen LogP contribution < -0.4 is 15.4 Å². The van der Waals surface area contributed by atoms with Crippen LogP contribution in [0.4, 0.5) is 10.9 Å². The maximum atomic E-state index is 12.4. The van der Waals surface area contributed by atoms with Gasteiger partial charge >= 0.3 is 0 Å². The average molecular weight is 340 g/mol. The molecule has 1 saturated carbocycles. The molecule has 0 unspecified atom stereocenters. The SMILES string of the molecule is COc1ccc2nc(NC(=O)c3ccnc(NC4CC4)c3)sc2c1. The first-order valence-electron chi connectivity index (χ1n) is 7.70. The van der Waals surface area contributed by atoms with Gasteiger partial charge in [-0.15, -0.1) is 0 Å². The number of nitrogens with zero attached hydrogens (tertiary/aromatic N) is 2. The lowest BCUT2D eigenvalue weighted by Crippen LogP contribution is -2.13. The van der Waals surface area contributed by atoms with Gasteiger partial charge in [0.05, 0.1) is 17.3 Å². The molecule has 1 amide bonds. The lowest BCUT2D eigenvalue weighted by Gasteiger charge is -2.05. The van der Waals surface area contributed by atoms with Crippen LogP contribution in [0.1, 0.15) is 23.2 Å². The number of amides is 1. The molecule has 6 nitrogen and oxygen atoms in total. The number of ether oxygens (including phenoxy) is 1. The van der Waals surface area contributed by atoms with Gasteiger partial charge in [0.15, 0.2) is 5.13 Å². The number of benzene rings is 1. The van der Waals surface area contributed by atoms with E-state index < -0.39 is 0 Å². The number of nitrogens with one attached hydrogen (secondary N) is 2. The molecule has 0 bridgehead atoms. The van der Waals surface area contributed by atoms with Crippen LogP contribution in [0, 0.1) is 0 Å². The van der Waals surface area contributed by atoms with Crippen LogP contribution in [0.25, 0.3) is 10.2 Å². The van der Waals surface area contributed by atoms with Crippen LogP contribution in [0.15, 0.2) is 36.5 Å². The van der Waals surface area contributed by atoms with Crippen LogP contribution in [-0.2, 0) is 0 Å². The van der Waals surface area contributed by atoms with Crippen molar-refractivity contribution in [3.63, 3.8) is 0 Å². The van der Waals surface area contributed by atoms with Gasteiger partial charge in [0.2, 0.25) is 0 Å². The van der Waals surface area contributed by atoms with E-state index in [9.17, 15) is 4.79 Å². The molecule has 0 aliphatic heterocycles. The predicted octanol–water partition coefficient (Wildman–Crippen LogP) is 3.53. The van der Waals surface area contributed by atoms with Gasteiger partial charge in [-0.25, -0.2) is 9.97 Å². The molecule has 2 N–H and O–H groups in total. The highest BCUT2D eigenvalue weighted by Gasteiger charge is 2.21. The van der Waals surface area contributed by atoms with Crippen LogP contribution >= 0.6 is 11.3 Å². The molecule has 1 aliphatic rings. The Morgan fingerprint density at radius 3 is 2.96 bits per heavy atom. The van der Waals surface area contributed by atoms with Crippen molar-refractivity contribution in [1.82, 2.24) is 9.97 Å². The molecule has 0 saturated heterocycles. The Bertz CT molecular complexity index is 904. The number of carbonyl (C=O) groups excluding carboxylic acids is 1. The summed E-state index contributed by atoms with van der Waals surface area (Å²) in [5, 5.41) is 6.71. The Kier molecular flexibility index (Phi) is 3.78. The van der Waals surface area contributed by atoms with E-state index in [0.29, 0.717) is 16.7 Å². The number of hydrogen-bond donors (Lipinski definition) is 2. The van der Waals surface area contributed by atoms with E-state index in [1.165, 1.54) is 11.3 Å². The third-order valence-electron chi connectivity index (χ3n) is 3.77. The Morgan fingerprint density at radius 1 is 1.29 bits per heavy atom. The number of pyridine rings is 1. The van der Waals surface area contributed by atoms with Crippen LogP contribution in [0.5, 0.6) is 5.75 Å². The highest BCUT2D eigenvalue weighted by atomic mass is 32.1. The summed E-state index contributed by atoms with van der Waals surface area (Å²) in [4.78, 5) is 21.1. The van der Waals surface area contributed by atoms with E-state index in [4.69, 9.17) is 4.74 Å². The van der Waals surface area contributed by atoms with Gasteiger partial charge in [-0.1, -0.05) is 11.3 Å². The first-order chi connectivity index (χ1) is 11.7. The molecule has 0 spiro atoms. The number of methoxy groups -OCH3 is 1. The topological polar surface area (TPSA) is 76.1 Å². The van der Waals surface area contributed by atoms with Crippen LogP contribution in [0.3, 0.4) is 0 Å². The highest BCUT2D eigenvalue weighted by Crippen LogP contribution is 2.29. The second-order valence-corrected chi connectivity index (χ2v) is 6.69. The summed E-state index contributed by atoms with van der Waals surface area (Å²) >= 11 is 1.42. The first-order valence-corrected chi connectivity index (χ1v) is 8.51. The van der Waals surface area contributed by atoms with Gasteiger partial charge in [0.1, 0.15) is 11.6 Å². The average Bonchev–Trinajstić information content (AvgIpc) is 3.31. The maximum absolute atomic E-state index is 12.4. The van der Waals surface area contributed by atoms with Crippen molar-refractivity contribution in [3.8, 4) is 5.75 Å². The van der Waals surface area contributed by atoms with E-state index in [1.54, 1.807) is 25.4 Å². The van der Waals surface area contributed by atoms with E-state index >= 15 is 0 Å². The van der Waals surface area contributed by atoms with Crippen molar-refractivity contribution >= 4 is 38.4 Å². The monoisotopic (exact) mass is 340 g/mol. The van der Waals surface area contributed by atoms with E-state index in [2.05, 4.69) is 20.6 Å². The Morgan fingerprint density at radius 2 is 2.17 bits per heavy atom. The maximum Gasteiger partial charge on any atom is 0.257 e. The standard InChI is InChI=1S/C17H16N4O2S/c1-23-12-4-5-13-14(9-12)24-17(20-13)21-16(22)10-6-7-18-15(8-10)19-11-2-3-11/h4-9,11H,2-3H2,1H3,(H,18,19)(H,20,21,22). The molecule has 24 heavy (non-hydrogen) atoms. The molecule has 7 heteroatoms. The number of thiazole rings is 1. The molecule has 2 aromatic heterocycles. The summed E-state index contributed by atoms with van der Waals surface area (Å²) in [5.41, 5.74) is 1.40. The minimum Gasteiger partial charge on any atom is -0.497 e. The smallest absolute Gasteiger partial charge is 0.257 e. The molecule has 0 radical (unpaired) electrons. The number of carbonyl (C=O) groups is 1. The van der Waals surface area contributed by atoms with Gasteiger partial charge in [-0.3, -0.25) is 10.1 Å². The minimum absolute atomic E-state index is 0.192. The molecule has 0 atom stereocenters. The zero-order valence-electron chi connectivity index (χ0n) is 13.1. The Balaban J connectivity index is 1.52. The van der Waals surface area contributed by atoms with Gasteiger partial charge in [-0.2, -0.15) is 0 Å². The molecule has 1 aliphatic carbocycles. The highest BCUT2D eigenvalue weighted by molar-refractivity contribution is 7.22. The fourth-order valence-corrected chi connectivity index (χ4v) is 3.23. The summed E-state index contributed by atoms with van der Waals surface area (Å²) < 4.78 is 6.18. The largest absolute Gasteiger partial charge is 0.497 e. The zero-order valence-corrected chi connectivity index (χ0v) is 13.9. The number of anilines is 2. The van der Waals surface area contributed by atoms with Crippen LogP contribution in [0.2, 0.25) is 0 Å². The third kappa shape index (κ3) is 3.16. The molecule has 122 valence electrons. The molecule has 1 aromatic carbocycles. The van der Waals surface area contributed by atoms with Crippen molar-refractivity contribution in [2.24, 2.45) is 0 Å². The number of aromatic nitrogens is 2. The quantitative estimate of drug-likeness (QED) is 0.743. The zero-order chi connectivity index (χ0) is 16.5. The van der Waals surface area contributed by atoms with Gasteiger partial charge in [0.25, 0.3) is 5.91 Å². The number of rotatable bonds is 5. The van der Waals surface area contributed by atoms with Crippen molar-refractivity contribution < 1.29 is 9.53 Å². The van der Waals surface area contributed by atoms with Gasteiger partial charge < -0.3 is 10.1 Å². The van der Waals surface area contributed by atoms with E-state index in [1.807, 2.05) is 18.2 Å². The third-order valence-corrected chi connectivity index (χ3v) is 4.70. The van der Waals surface area contributed by atoms with Crippen LogP contribution in [-0.4, -0.2) is 29.0 Å². The van der Waals surface area contributed by atoms with Gasteiger partial charge in [-0.05, 0) is 43.2 Å². The van der Waals surface area contributed by atoms with Gasteiger partial charge in [0, 0.05) is 17.8 Å². The fraction of sp³-hybridized carbons (Fsp3) is 0.235. The molecular weight excluding hydrogens is 324 g/mol. The normalized spacial score (nSPS) is 13.7. The Hall–Kier alpha value is -2.67. The summed E-state index contributed by atoms with van der Waals surface area (Å²) in [7, 11) is 1.63. The van der Waals surface area contributed by atoms with E-state index in [0.717, 1.165) is 34.6 Å². The lowest BCUT2D eigenvalue weighted by molar-refractivity contribution is 0.102. The second kappa shape index (κ2) is 6.09. The number of hydrogen-bond acceptors (Lipinski definition) is 6. The summed E-state index contributed by atoms with van der Waals surface area (Å²) in [5.74, 6) is 1.32. The molecule has 4 rings (SSSR count). The lowest BCUT2D eigenvalue weighted by atomic mass is 10.2. The van der Waals surface area contributed by atoms with Crippen molar-refractivity contribution in [2.75, 3.05) is 17.7 Å². The molecule has 2 heterocycles. The summed E-state index contributed by atoms with van der Waals surface area (Å²) in [6, 6.07) is 9.60. The molecule has 3 aromatic rings. The van der Waals surface area contributed by atoms with Crippen molar-refractivity contribution in [1.29, 1.82) is 0 Å². The number of fused-ring (bicyclic) bond motifs is 1. The molecule has 1 fully saturated rings. The molecular formula is C17H16N4O2S. The predicted molar refractivity (Wildman–Crippen MR) is 95.0 cm³/mol. The van der Waals surface area contributed by atoms with Crippen molar-refractivity contribution in [2.45, 2.75) is 18.9 Å².